The average Bonchev–Trinajstić information content (AvgIpc) is 1.62. The average molecular weight is 1790 g/mol. The summed E-state index contributed by atoms with van der Waals surface area (Å²) in [7, 11) is 0. The predicted octanol–water partition coefficient (Wildman–Crippen LogP) is 13.2. The molecule has 21 rings (SSSR count). The van der Waals surface area contributed by atoms with Gasteiger partial charge >= 0.3 is 35.8 Å². The molecule has 21 fully saturated rings. The highest BCUT2D eigenvalue weighted by molar-refractivity contribution is 5.87. The summed E-state index contributed by atoms with van der Waals surface area (Å²) in [6.07, 6.45) is 54.1. The third kappa shape index (κ3) is 33.3. The van der Waals surface area contributed by atoms with Crippen LogP contribution in [0.3, 0.4) is 0 Å². The summed E-state index contributed by atoms with van der Waals surface area (Å²) >= 11 is 0. The first-order chi connectivity index (χ1) is 62.0. The zero-order valence-electron chi connectivity index (χ0n) is 75.5. The van der Waals surface area contributed by atoms with Crippen LogP contribution in [0.4, 0.5) is 0 Å². The molecular formula is C98H148O29. The molecule has 29 heteroatoms. The van der Waals surface area contributed by atoms with Gasteiger partial charge in [0.2, 0.25) is 0 Å². The molecule has 714 valence electrons. The van der Waals surface area contributed by atoms with Crippen LogP contribution >= 0.6 is 0 Å². The lowest BCUT2D eigenvalue weighted by molar-refractivity contribution is -0.295. The van der Waals surface area contributed by atoms with Crippen molar-refractivity contribution in [1.82, 2.24) is 0 Å². The number of hydrogen-bond acceptors (Lipinski definition) is 29. The molecule has 0 aromatic heterocycles. The molecular weight excluding hydrogens is 1640 g/mol. The van der Waals surface area contributed by atoms with Crippen molar-refractivity contribution in [2.45, 2.75) is 418 Å². The molecule has 0 spiro atoms. The maximum Gasteiger partial charge on any atom is 0.333 e. The van der Waals surface area contributed by atoms with Crippen molar-refractivity contribution in [3.63, 3.8) is 0 Å². The Hall–Kier alpha value is -4.99. The fraction of sp³-hybridized carbons (Fsp3) is 0.888. The first-order valence-corrected chi connectivity index (χ1v) is 50.0. The lowest BCUT2D eigenvalue weighted by atomic mass is 9.86. The van der Waals surface area contributed by atoms with Gasteiger partial charge < -0.3 is 94.9 Å². The van der Waals surface area contributed by atoms with Crippen molar-refractivity contribution in [3.8, 4) is 0 Å². The van der Waals surface area contributed by atoms with Crippen LogP contribution in [0, 0.1) is 59.2 Å². The molecule has 0 aromatic rings. The molecule has 29 nitrogen and oxygen atoms in total. The Morgan fingerprint density at radius 3 is 0.992 bits per heavy atom. The second-order valence-corrected chi connectivity index (χ2v) is 40.3. The van der Waals surface area contributed by atoms with Gasteiger partial charge in [0.05, 0.1) is 212 Å². The first-order valence-electron chi connectivity index (χ1n) is 50.0. The van der Waals surface area contributed by atoms with Gasteiger partial charge in [0.15, 0.2) is 5.78 Å². The van der Waals surface area contributed by atoms with E-state index in [1.807, 2.05) is 0 Å². The normalized spacial score (nSPS) is 38.7. The molecule has 0 aromatic carbocycles. The summed E-state index contributed by atoms with van der Waals surface area (Å²) in [6, 6.07) is 0. The SMILES string of the molecule is C1CC2OC2CC1C1CO1.C=C(C)C(=O)OCC1CCC2OC2C1.O=C(CCCOC(=O)C1CCC2OC2C1)OCC1CCC2OC2C1.O=C(COCC1CCC2OC2C1)C1CCC2OC2C1.O=C(OCC1CCC2OC2C1)C1CCC2OC2C1.O=CCCCCCOC(=O)C1CCC2OC2C1.O=CCCCCCOOCCCCCC(=O)OCC1CCC2OC2C1. The molecule has 0 radical (unpaired) electrons. The van der Waals surface area contributed by atoms with Gasteiger partial charge in [-0.05, 0) is 286 Å². The lowest BCUT2D eigenvalue weighted by Gasteiger charge is -2.21. The van der Waals surface area contributed by atoms with Gasteiger partial charge in [-0.3, -0.25) is 28.8 Å². The summed E-state index contributed by atoms with van der Waals surface area (Å²) in [5, 5.41) is 0. The van der Waals surface area contributed by atoms with E-state index in [0.717, 1.165) is 250 Å². The Kier molecular flexibility index (Phi) is 37.1. The summed E-state index contributed by atoms with van der Waals surface area (Å²) in [4.78, 5) is 113. The smallest absolute Gasteiger partial charge is 0.333 e. The molecule has 31 unspecified atom stereocenters. The van der Waals surface area contributed by atoms with E-state index in [1.165, 1.54) is 32.1 Å². The van der Waals surface area contributed by atoms with E-state index in [-0.39, 0.29) is 71.4 Å². The van der Waals surface area contributed by atoms with Gasteiger partial charge in [0.25, 0.3) is 0 Å². The molecule has 0 amide bonds. The Balaban J connectivity index is 0.000000116. The first kappa shape index (κ1) is 96.6. The van der Waals surface area contributed by atoms with E-state index >= 15 is 0 Å². The number of ketones is 1. The van der Waals surface area contributed by atoms with Crippen molar-refractivity contribution in [2.24, 2.45) is 59.2 Å². The summed E-state index contributed by atoms with van der Waals surface area (Å²) in [5.41, 5.74) is 0.473. The van der Waals surface area contributed by atoms with Crippen molar-refractivity contribution in [3.05, 3.63) is 12.2 Å². The Morgan fingerprint density at radius 2 is 0.614 bits per heavy atom. The molecule has 11 saturated heterocycles. The lowest BCUT2D eigenvalue weighted by Crippen LogP contribution is -2.27. The predicted molar refractivity (Wildman–Crippen MR) is 455 cm³/mol. The standard InChI is InChI=1S/C19H32O6.C18H26O6.C15H22O4.C14H20O4.C13H20O4.C11H16O3.C8H12O2/c20-11-5-1-2-6-12-23-24-13-7-3-4-8-19(21)22-15-16-9-10-17-18(14-16)25-17;19-17(22-10-11-3-5-13-15(8-11)23-13)2-1-7-21-18(20)12-4-6-14-16(9-12)24-14;16-11(10-2-4-13-15(6-10)19-13)8-17-7-9-1-3-12-14(5-9)18-12;15-14(9-2-4-11-13(6-9)18-11)16-7-8-1-3-10-12(5-8)17-10;14-7-3-1-2-4-8-16-13(15)10-5-6-11-12(9-10)17-11;1-7(2)11(12)13-6-8-3-4-9-10(5-8)14-9;1-2-6-7(10-6)3-5(1)8-4-9-8/h11,16-18H,1-10,12-15H2;11-16H,1-10H2;9-10,12-15H,1-8H2;8-13H,1-7H2;7,10-12H,1-6,8-9H2;8-10H,1,3-6H2,2H3;5-8H,1-4H2. The number of carbonyl (C=O) groups is 9. The van der Waals surface area contributed by atoms with Crippen LogP contribution < -0.4 is 0 Å². The highest BCUT2D eigenvalue weighted by Crippen LogP contribution is 2.48. The van der Waals surface area contributed by atoms with E-state index in [2.05, 4.69) is 6.58 Å². The number of epoxide rings is 11. The number of rotatable bonds is 41. The second-order valence-electron chi connectivity index (χ2n) is 40.3. The van der Waals surface area contributed by atoms with Crippen molar-refractivity contribution < 1.29 is 138 Å². The minimum Gasteiger partial charge on any atom is -0.465 e. The number of esters is 6. The van der Waals surface area contributed by atoms with Crippen LogP contribution in [0.2, 0.25) is 0 Å². The third-order valence-electron chi connectivity index (χ3n) is 30.0. The number of hydrogen-bond donors (Lipinski definition) is 0. The molecule has 0 bridgehead atoms. The molecule has 21 aliphatic rings. The number of Topliss-reactive ketones (excluding diaryl/α,β-unsaturated/α-hetero) is 1. The highest BCUT2D eigenvalue weighted by Gasteiger charge is 2.53. The number of ether oxygens (including phenoxy) is 18. The van der Waals surface area contributed by atoms with E-state index in [0.29, 0.717) is 249 Å². The zero-order valence-corrected chi connectivity index (χ0v) is 75.5. The largest absolute Gasteiger partial charge is 0.465 e. The number of aldehydes is 2. The van der Waals surface area contributed by atoms with E-state index in [4.69, 9.17) is 95.0 Å². The molecule has 10 aliphatic carbocycles. The van der Waals surface area contributed by atoms with Crippen LogP contribution in [0.1, 0.15) is 289 Å². The van der Waals surface area contributed by atoms with Gasteiger partial charge in [0, 0.05) is 37.2 Å². The molecule has 31 atom stereocenters. The highest BCUT2D eigenvalue weighted by atomic mass is 17.2. The van der Waals surface area contributed by atoms with E-state index < -0.39 is 0 Å². The van der Waals surface area contributed by atoms with Crippen LogP contribution in [0.25, 0.3) is 0 Å². The van der Waals surface area contributed by atoms with Crippen molar-refractivity contribution in [1.29, 1.82) is 0 Å². The monoisotopic (exact) mass is 1790 g/mol. The van der Waals surface area contributed by atoms with E-state index in [9.17, 15) is 43.2 Å². The van der Waals surface area contributed by atoms with Crippen LogP contribution in [-0.2, 0) is 138 Å². The number of carbonyl (C=O) groups excluding carboxylic acids is 9. The second kappa shape index (κ2) is 48.8. The maximum absolute atomic E-state index is 12.1. The Labute approximate surface area is 750 Å². The fourth-order valence-electron chi connectivity index (χ4n) is 21.1. The van der Waals surface area contributed by atoms with Gasteiger partial charge in [-0.1, -0.05) is 19.4 Å². The quantitative estimate of drug-likeness (QED) is 0.00802. The molecule has 11 aliphatic heterocycles. The minimum absolute atomic E-state index is 0.00258. The van der Waals surface area contributed by atoms with Crippen LogP contribution in [0.15, 0.2) is 12.2 Å². The number of unbranched alkanes of at least 4 members (excludes halogenated alkanes) is 8. The van der Waals surface area contributed by atoms with Crippen LogP contribution in [0.5, 0.6) is 0 Å². The summed E-state index contributed by atoms with van der Waals surface area (Å²) < 4.78 is 97.3. The fourth-order valence-corrected chi connectivity index (χ4v) is 21.1. The topological polar surface area (TPSA) is 375 Å². The summed E-state index contributed by atoms with van der Waals surface area (Å²) in [6.45, 7) is 11.3. The van der Waals surface area contributed by atoms with E-state index in [1.54, 1.807) is 6.92 Å². The van der Waals surface area contributed by atoms with Gasteiger partial charge in [-0.2, -0.15) is 0 Å². The van der Waals surface area contributed by atoms with Crippen LogP contribution in [-0.4, -0.2) is 255 Å². The number of fused-ring (bicyclic) bond motifs is 10. The van der Waals surface area contributed by atoms with Gasteiger partial charge in [-0.15, -0.1) is 0 Å². The third-order valence-corrected chi connectivity index (χ3v) is 30.0. The molecule has 0 N–H and O–H groups in total. The molecule has 11 heterocycles. The Bertz CT molecular complexity index is 3520. The zero-order chi connectivity index (χ0) is 88.0. The maximum atomic E-state index is 12.1. The Morgan fingerprint density at radius 1 is 0.299 bits per heavy atom. The minimum atomic E-state index is -0.274. The van der Waals surface area contributed by atoms with Gasteiger partial charge in [-0.25, -0.2) is 14.6 Å². The van der Waals surface area contributed by atoms with Gasteiger partial charge in [0.1, 0.15) is 19.2 Å². The molecule has 10 saturated carbocycles. The van der Waals surface area contributed by atoms with Crippen molar-refractivity contribution >= 4 is 54.2 Å². The van der Waals surface area contributed by atoms with Crippen molar-refractivity contribution in [2.75, 3.05) is 72.7 Å². The summed E-state index contributed by atoms with van der Waals surface area (Å²) in [5.74, 6) is 3.18. The molecule has 127 heavy (non-hydrogen) atoms.